The molecule has 2 aromatic rings. The average molecular weight is 378 g/mol. The Bertz CT molecular complexity index is 866. The Morgan fingerprint density at radius 1 is 1.20 bits per heavy atom. The normalized spacial score (nSPS) is 21.5. The van der Waals surface area contributed by atoms with Gasteiger partial charge < -0.3 is 5.32 Å². The van der Waals surface area contributed by atoms with Gasteiger partial charge in [-0.1, -0.05) is 23.2 Å². The van der Waals surface area contributed by atoms with Crippen LogP contribution in [0.5, 0.6) is 0 Å². The summed E-state index contributed by atoms with van der Waals surface area (Å²) in [6, 6.07) is 5.49. The minimum absolute atomic E-state index is 0.102. The van der Waals surface area contributed by atoms with E-state index < -0.39 is 0 Å². The van der Waals surface area contributed by atoms with Crippen LogP contribution in [0.4, 0.5) is 0 Å². The summed E-state index contributed by atoms with van der Waals surface area (Å²) >= 11 is 12.2. The summed E-state index contributed by atoms with van der Waals surface area (Å²) in [6.07, 6.45) is 3.41. The van der Waals surface area contributed by atoms with E-state index in [1.54, 1.807) is 6.07 Å². The van der Waals surface area contributed by atoms with Crippen molar-refractivity contribution in [2.24, 2.45) is 0 Å². The standard InChI is InChI=1S/C19H21Cl2N3O/c1-19(2,3)22-18(25)16-15-10-4-5-11(8-10)17(15)24(23-16)12-6-7-13(20)14(21)9-12/h6-7,9-11H,4-5,8H2,1-3H3,(H,22,25). The predicted molar refractivity (Wildman–Crippen MR) is 100 cm³/mol. The Hall–Kier alpha value is -1.52. The number of carbonyl (C=O) groups excluding carboxylic acids is 1. The molecule has 1 N–H and O–H groups in total. The number of nitrogens with one attached hydrogen (secondary N) is 1. The smallest absolute Gasteiger partial charge is 0.272 e. The summed E-state index contributed by atoms with van der Waals surface area (Å²) in [5.74, 6) is 0.811. The van der Waals surface area contributed by atoms with E-state index in [1.165, 1.54) is 5.69 Å². The zero-order valence-electron chi connectivity index (χ0n) is 14.6. The second-order valence-corrected chi connectivity index (χ2v) is 8.88. The molecule has 6 heteroatoms. The summed E-state index contributed by atoms with van der Waals surface area (Å²) in [5, 5.41) is 8.76. The fourth-order valence-corrected chi connectivity index (χ4v) is 4.40. The number of halogens is 2. The quantitative estimate of drug-likeness (QED) is 0.793. The van der Waals surface area contributed by atoms with Gasteiger partial charge in [-0.05, 0) is 64.2 Å². The molecule has 2 bridgehead atoms. The molecule has 1 aromatic carbocycles. The number of amides is 1. The lowest BCUT2D eigenvalue weighted by molar-refractivity contribution is 0.0912. The van der Waals surface area contributed by atoms with Gasteiger partial charge in [0.25, 0.3) is 5.91 Å². The third kappa shape index (κ3) is 2.85. The fourth-order valence-electron chi connectivity index (χ4n) is 4.11. The summed E-state index contributed by atoms with van der Waals surface area (Å²) in [7, 11) is 0. The molecule has 0 aliphatic heterocycles. The molecule has 1 saturated carbocycles. The lowest BCUT2D eigenvalue weighted by atomic mass is 9.95. The number of benzene rings is 1. The van der Waals surface area contributed by atoms with E-state index in [2.05, 4.69) is 5.32 Å². The molecule has 25 heavy (non-hydrogen) atoms. The minimum atomic E-state index is -0.297. The van der Waals surface area contributed by atoms with Gasteiger partial charge in [-0.25, -0.2) is 4.68 Å². The molecule has 1 fully saturated rings. The summed E-state index contributed by atoms with van der Waals surface area (Å²) in [4.78, 5) is 12.8. The van der Waals surface area contributed by atoms with Gasteiger partial charge in [0.2, 0.25) is 0 Å². The van der Waals surface area contributed by atoms with Gasteiger partial charge >= 0.3 is 0 Å². The Morgan fingerprint density at radius 2 is 1.92 bits per heavy atom. The van der Waals surface area contributed by atoms with E-state index in [0.717, 1.165) is 30.5 Å². The number of rotatable bonds is 2. The van der Waals surface area contributed by atoms with E-state index in [-0.39, 0.29) is 11.4 Å². The zero-order valence-corrected chi connectivity index (χ0v) is 16.1. The first-order valence-corrected chi connectivity index (χ1v) is 9.41. The van der Waals surface area contributed by atoms with Gasteiger partial charge in [-0.2, -0.15) is 5.10 Å². The zero-order chi connectivity index (χ0) is 17.9. The molecular weight excluding hydrogens is 357 g/mol. The van der Waals surface area contributed by atoms with Crippen molar-refractivity contribution in [1.29, 1.82) is 0 Å². The van der Waals surface area contributed by atoms with E-state index in [0.29, 0.717) is 27.6 Å². The maximum atomic E-state index is 12.8. The van der Waals surface area contributed by atoms with E-state index >= 15 is 0 Å². The Balaban J connectivity index is 1.84. The van der Waals surface area contributed by atoms with E-state index in [1.807, 2.05) is 37.6 Å². The maximum Gasteiger partial charge on any atom is 0.272 e. The highest BCUT2D eigenvalue weighted by Crippen LogP contribution is 2.54. The van der Waals surface area contributed by atoms with Crippen LogP contribution >= 0.6 is 23.2 Å². The molecule has 132 valence electrons. The molecule has 2 atom stereocenters. The third-order valence-electron chi connectivity index (χ3n) is 5.04. The number of carbonyl (C=O) groups is 1. The Kier molecular flexibility index (Phi) is 3.89. The van der Waals surface area contributed by atoms with Gasteiger partial charge in [0.1, 0.15) is 0 Å². The van der Waals surface area contributed by atoms with Crippen molar-refractivity contribution in [3.8, 4) is 5.69 Å². The van der Waals surface area contributed by atoms with Crippen LogP contribution in [-0.2, 0) is 0 Å². The van der Waals surface area contributed by atoms with Crippen LogP contribution in [0.15, 0.2) is 18.2 Å². The van der Waals surface area contributed by atoms with Gasteiger partial charge in [0.15, 0.2) is 5.69 Å². The van der Waals surface area contributed by atoms with E-state index in [4.69, 9.17) is 28.3 Å². The fraction of sp³-hybridized carbons (Fsp3) is 0.474. The van der Waals surface area contributed by atoms with Crippen molar-refractivity contribution < 1.29 is 4.79 Å². The molecule has 2 aliphatic carbocycles. The second kappa shape index (κ2) is 5.75. The van der Waals surface area contributed by atoms with Gasteiger partial charge in [-0.15, -0.1) is 0 Å². The second-order valence-electron chi connectivity index (χ2n) is 8.07. The molecule has 1 amide bonds. The number of fused-ring (bicyclic) bond motifs is 5. The van der Waals surface area contributed by atoms with Gasteiger partial charge in [0, 0.05) is 17.0 Å². The largest absolute Gasteiger partial charge is 0.346 e. The average Bonchev–Trinajstić information content (AvgIpc) is 3.19. The molecule has 2 aliphatic rings. The Morgan fingerprint density at radius 3 is 2.60 bits per heavy atom. The molecule has 4 nitrogen and oxygen atoms in total. The number of hydrogen-bond donors (Lipinski definition) is 1. The first-order chi connectivity index (χ1) is 11.7. The lowest BCUT2D eigenvalue weighted by Crippen LogP contribution is -2.41. The molecule has 0 radical (unpaired) electrons. The van der Waals surface area contributed by atoms with Crippen LogP contribution in [-0.4, -0.2) is 21.2 Å². The highest BCUT2D eigenvalue weighted by atomic mass is 35.5. The molecular formula is C19H21Cl2N3O. The lowest BCUT2D eigenvalue weighted by Gasteiger charge is -2.20. The van der Waals surface area contributed by atoms with Crippen LogP contribution in [0.2, 0.25) is 10.0 Å². The number of hydrogen-bond acceptors (Lipinski definition) is 2. The first kappa shape index (κ1) is 16.9. The summed E-state index contributed by atoms with van der Waals surface area (Å²) < 4.78 is 1.90. The monoisotopic (exact) mass is 377 g/mol. The first-order valence-electron chi connectivity index (χ1n) is 8.65. The van der Waals surface area contributed by atoms with Crippen LogP contribution in [0.3, 0.4) is 0 Å². The topological polar surface area (TPSA) is 46.9 Å². The molecule has 2 unspecified atom stereocenters. The summed E-state index contributed by atoms with van der Waals surface area (Å²) in [5.41, 5.74) is 3.42. The molecule has 0 saturated heterocycles. The van der Waals surface area contributed by atoms with Crippen LogP contribution < -0.4 is 5.32 Å². The molecule has 4 rings (SSSR count). The molecule has 1 heterocycles. The van der Waals surface area contributed by atoms with Crippen molar-refractivity contribution in [3.63, 3.8) is 0 Å². The van der Waals surface area contributed by atoms with Crippen molar-refractivity contribution in [1.82, 2.24) is 15.1 Å². The molecule has 1 aromatic heterocycles. The third-order valence-corrected chi connectivity index (χ3v) is 5.78. The maximum absolute atomic E-state index is 12.8. The van der Waals surface area contributed by atoms with Crippen molar-refractivity contribution in [2.45, 2.75) is 57.4 Å². The minimum Gasteiger partial charge on any atom is -0.346 e. The van der Waals surface area contributed by atoms with Crippen LogP contribution in [0, 0.1) is 0 Å². The summed E-state index contributed by atoms with van der Waals surface area (Å²) in [6.45, 7) is 5.94. The van der Waals surface area contributed by atoms with Crippen LogP contribution in [0.25, 0.3) is 5.69 Å². The SMILES string of the molecule is CC(C)(C)NC(=O)c1nn(-c2ccc(Cl)c(Cl)c2)c2c1C1CCC2C1. The van der Waals surface area contributed by atoms with E-state index in [9.17, 15) is 4.79 Å². The van der Waals surface area contributed by atoms with Gasteiger partial charge in [-0.3, -0.25) is 4.79 Å². The van der Waals surface area contributed by atoms with Crippen LogP contribution in [0.1, 0.15) is 73.6 Å². The highest BCUT2D eigenvalue weighted by molar-refractivity contribution is 6.42. The number of aromatic nitrogens is 2. The number of nitrogens with zero attached hydrogens (tertiary/aromatic N) is 2. The van der Waals surface area contributed by atoms with Crippen molar-refractivity contribution in [2.75, 3.05) is 0 Å². The van der Waals surface area contributed by atoms with Crippen molar-refractivity contribution in [3.05, 3.63) is 45.2 Å². The highest BCUT2D eigenvalue weighted by Gasteiger charge is 2.44. The molecule has 0 spiro atoms. The van der Waals surface area contributed by atoms with Crippen molar-refractivity contribution >= 4 is 29.1 Å². The van der Waals surface area contributed by atoms with Gasteiger partial charge in [0.05, 0.1) is 21.4 Å². The predicted octanol–water partition coefficient (Wildman–Crippen LogP) is 5.07. The Labute approximate surface area is 157 Å².